The van der Waals surface area contributed by atoms with Crippen molar-refractivity contribution in [3.8, 4) is 5.75 Å². The number of piperazine rings is 1. The lowest BCUT2D eigenvalue weighted by molar-refractivity contribution is 0.0633. The largest absolute Gasteiger partial charge is 0.415 e. The van der Waals surface area contributed by atoms with E-state index in [9.17, 15) is 9.59 Å². The summed E-state index contributed by atoms with van der Waals surface area (Å²) < 4.78 is 5.32. The fourth-order valence-corrected chi connectivity index (χ4v) is 2.51. The molecule has 1 heterocycles. The SMILES string of the molecule is O=C(Oc1ccccc1)N1CCN(C(=O)c2ccccc2)CC1. The minimum absolute atomic E-state index is 0.00155. The summed E-state index contributed by atoms with van der Waals surface area (Å²) in [4.78, 5) is 27.9. The molecule has 1 fully saturated rings. The van der Waals surface area contributed by atoms with Gasteiger partial charge in [-0.25, -0.2) is 4.79 Å². The smallest absolute Gasteiger partial charge is 0.410 e. The summed E-state index contributed by atoms with van der Waals surface area (Å²) in [5, 5.41) is 0. The normalized spacial score (nSPS) is 14.4. The van der Waals surface area contributed by atoms with Crippen LogP contribution in [0.5, 0.6) is 5.75 Å². The number of carbonyl (C=O) groups excluding carboxylic acids is 2. The summed E-state index contributed by atoms with van der Waals surface area (Å²) in [6.45, 7) is 1.98. The number of amides is 2. The Kier molecular flexibility index (Phi) is 4.57. The van der Waals surface area contributed by atoms with Crippen molar-refractivity contribution in [3.63, 3.8) is 0 Å². The van der Waals surface area contributed by atoms with Gasteiger partial charge in [0.05, 0.1) is 0 Å². The minimum Gasteiger partial charge on any atom is -0.410 e. The number of nitrogens with zero attached hydrogens (tertiary/aromatic N) is 2. The number of carbonyl (C=O) groups is 2. The zero-order chi connectivity index (χ0) is 16.1. The second-order valence-electron chi connectivity index (χ2n) is 5.33. The van der Waals surface area contributed by atoms with Gasteiger partial charge in [0.1, 0.15) is 5.75 Å². The maximum absolute atomic E-state index is 12.4. The average Bonchev–Trinajstić information content (AvgIpc) is 2.63. The zero-order valence-corrected chi connectivity index (χ0v) is 12.7. The van der Waals surface area contributed by atoms with E-state index in [0.717, 1.165) is 0 Å². The molecule has 5 heteroatoms. The van der Waals surface area contributed by atoms with Gasteiger partial charge in [0.15, 0.2) is 0 Å². The highest BCUT2D eigenvalue weighted by molar-refractivity contribution is 5.94. The maximum Gasteiger partial charge on any atom is 0.415 e. The van der Waals surface area contributed by atoms with Gasteiger partial charge < -0.3 is 14.5 Å². The van der Waals surface area contributed by atoms with E-state index in [1.165, 1.54) is 0 Å². The van der Waals surface area contributed by atoms with E-state index in [4.69, 9.17) is 4.74 Å². The molecule has 2 aromatic rings. The molecule has 2 aromatic carbocycles. The van der Waals surface area contributed by atoms with Gasteiger partial charge in [0.25, 0.3) is 5.91 Å². The molecule has 0 bridgehead atoms. The number of para-hydroxylation sites is 1. The zero-order valence-electron chi connectivity index (χ0n) is 12.7. The fraction of sp³-hybridized carbons (Fsp3) is 0.222. The van der Waals surface area contributed by atoms with Crippen LogP contribution in [-0.2, 0) is 0 Å². The van der Waals surface area contributed by atoms with Crippen LogP contribution in [-0.4, -0.2) is 48.0 Å². The molecule has 1 aliphatic heterocycles. The number of benzene rings is 2. The first-order chi connectivity index (χ1) is 11.2. The van der Waals surface area contributed by atoms with Crippen LogP contribution >= 0.6 is 0 Å². The monoisotopic (exact) mass is 310 g/mol. The van der Waals surface area contributed by atoms with Crippen molar-refractivity contribution in [1.29, 1.82) is 0 Å². The summed E-state index contributed by atoms with van der Waals surface area (Å²) in [6.07, 6.45) is -0.372. The van der Waals surface area contributed by atoms with Gasteiger partial charge in [-0.1, -0.05) is 36.4 Å². The van der Waals surface area contributed by atoms with Crippen LogP contribution in [0.3, 0.4) is 0 Å². The third-order valence-electron chi connectivity index (χ3n) is 3.79. The Morgan fingerprint density at radius 3 is 1.87 bits per heavy atom. The summed E-state index contributed by atoms with van der Waals surface area (Å²) in [7, 11) is 0. The van der Waals surface area contributed by atoms with E-state index in [1.54, 1.807) is 34.1 Å². The summed E-state index contributed by atoms with van der Waals surface area (Å²) in [5.74, 6) is 0.530. The molecule has 0 unspecified atom stereocenters. The molecule has 5 nitrogen and oxygen atoms in total. The lowest BCUT2D eigenvalue weighted by Crippen LogP contribution is -2.51. The topological polar surface area (TPSA) is 49.9 Å². The molecule has 0 N–H and O–H groups in total. The van der Waals surface area contributed by atoms with Gasteiger partial charge in [-0.15, -0.1) is 0 Å². The highest BCUT2D eigenvalue weighted by atomic mass is 16.6. The molecule has 1 aliphatic rings. The first-order valence-electron chi connectivity index (χ1n) is 7.60. The van der Waals surface area contributed by atoms with E-state index in [0.29, 0.717) is 37.5 Å². The van der Waals surface area contributed by atoms with E-state index in [1.807, 2.05) is 36.4 Å². The van der Waals surface area contributed by atoms with Gasteiger partial charge in [-0.3, -0.25) is 4.79 Å². The highest BCUT2D eigenvalue weighted by Crippen LogP contribution is 2.13. The minimum atomic E-state index is -0.372. The molecule has 0 saturated carbocycles. The molecule has 0 aliphatic carbocycles. The van der Waals surface area contributed by atoms with Gasteiger partial charge >= 0.3 is 6.09 Å². The molecule has 0 atom stereocenters. The summed E-state index contributed by atoms with van der Waals surface area (Å²) in [6, 6.07) is 18.2. The van der Waals surface area contributed by atoms with Crippen LogP contribution in [0.15, 0.2) is 60.7 Å². The van der Waals surface area contributed by atoms with E-state index in [2.05, 4.69) is 0 Å². The second-order valence-corrected chi connectivity index (χ2v) is 5.33. The number of ether oxygens (including phenoxy) is 1. The first-order valence-corrected chi connectivity index (χ1v) is 7.60. The van der Waals surface area contributed by atoms with Crippen molar-refractivity contribution < 1.29 is 14.3 Å². The number of rotatable bonds is 2. The Hall–Kier alpha value is -2.82. The molecule has 0 aromatic heterocycles. The van der Waals surface area contributed by atoms with Crippen molar-refractivity contribution in [1.82, 2.24) is 9.80 Å². The Morgan fingerprint density at radius 1 is 0.739 bits per heavy atom. The third-order valence-corrected chi connectivity index (χ3v) is 3.79. The Morgan fingerprint density at radius 2 is 1.26 bits per heavy atom. The lowest BCUT2D eigenvalue weighted by atomic mass is 10.2. The highest BCUT2D eigenvalue weighted by Gasteiger charge is 2.25. The molecular weight excluding hydrogens is 292 g/mol. The van der Waals surface area contributed by atoms with Crippen LogP contribution in [0.25, 0.3) is 0 Å². The Labute approximate surface area is 135 Å². The van der Waals surface area contributed by atoms with Crippen molar-refractivity contribution in [2.45, 2.75) is 0 Å². The van der Waals surface area contributed by atoms with Crippen LogP contribution in [0.4, 0.5) is 4.79 Å². The average molecular weight is 310 g/mol. The van der Waals surface area contributed by atoms with Crippen molar-refractivity contribution in [2.75, 3.05) is 26.2 Å². The second kappa shape index (κ2) is 6.96. The molecule has 1 saturated heterocycles. The van der Waals surface area contributed by atoms with Crippen LogP contribution < -0.4 is 4.74 Å². The van der Waals surface area contributed by atoms with Crippen LogP contribution in [0.2, 0.25) is 0 Å². The summed E-state index contributed by atoms with van der Waals surface area (Å²) in [5.41, 5.74) is 0.674. The van der Waals surface area contributed by atoms with Gasteiger partial charge in [0, 0.05) is 31.7 Å². The maximum atomic E-state index is 12.4. The van der Waals surface area contributed by atoms with Crippen LogP contribution in [0, 0.1) is 0 Å². The molecule has 2 amide bonds. The van der Waals surface area contributed by atoms with Gasteiger partial charge in [0.2, 0.25) is 0 Å². The van der Waals surface area contributed by atoms with Gasteiger partial charge in [-0.2, -0.15) is 0 Å². The van der Waals surface area contributed by atoms with Crippen molar-refractivity contribution >= 4 is 12.0 Å². The molecular formula is C18H18N2O3. The lowest BCUT2D eigenvalue weighted by Gasteiger charge is -2.34. The summed E-state index contributed by atoms with van der Waals surface area (Å²) >= 11 is 0. The predicted molar refractivity (Wildman–Crippen MR) is 86.4 cm³/mol. The van der Waals surface area contributed by atoms with E-state index in [-0.39, 0.29) is 12.0 Å². The van der Waals surface area contributed by atoms with Crippen molar-refractivity contribution in [2.24, 2.45) is 0 Å². The van der Waals surface area contributed by atoms with Crippen molar-refractivity contribution in [3.05, 3.63) is 66.2 Å². The number of hydrogen-bond donors (Lipinski definition) is 0. The quantitative estimate of drug-likeness (QED) is 0.857. The third kappa shape index (κ3) is 3.69. The Bertz CT molecular complexity index is 665. The van der Waals surface area contributed by atoms with E-state index >= 15 is 0 Å². The fourth-order valence-electron chi connectivity index (χ4n) is 2.51. The Balaban J connectivity index is 1.54. The number of hydrogen-bond acceptors (Lipinski definition) is 3. The van der Waals surface area contributed by atoms with E-state index < -0.39 is 0 Å². The molecule has 118 valence electrons. The first kappa shape index (κ1) is 15.1. The standard InChI is InChI=1S/C18H18N2O3/c21-17(15-7-3-1-4-8-15)19-11-13-20(14-12-19)18(22)23-16-9-5-2-6-10-16/h1-10H,11-14H2. The van der Waals surface area contributed by atoms with Gasteiger partial charge in [-0.05, 0) is 24.3 Å². The molecule has 23 heavy (non-hydrogen) atoms. The molecule has 0 spiro atoms. The molecule has 0 radical (unpaired) electrons. The van der Waals surface area contributed by atoms with Crippen LogP contribution in [0.1, 0.15) is 10.4 Å². The predicted octanol–water partition coefficient (Wildman–Crippen LogP) is 2.64. The molecule has 3 rings (SSSR count).